The molecule has 3 aromatic rings. The number of hydrogen-bond acceptors (Lipinski definition) is 7. The summed E-state index contributed by atoms with van der Waals surface area (Å²) < 4.78 is 17.3. The van der Waals surface area contributed by atoms with Gasteiger partial charge >= 0.3 is 12.1 Å². The normalized spacial score (nSPS) is 11.0. The fourth-order valence-electron chi connectivity index (χ4n) is 4.29. The maximum Gasteiger partial charge on any atom is 0.439 e. The maximum absolute atomic E-state index is 14.0. The van der Waals surface area contributed by atoms with E-state index in [2.05, 4.69) is 0 Å². The van der Waals surface area contributed by atoms with Crippen LogP contribution >= 0.6 is 0 Å². The van der Waals surface area contributed by atoms with E-state index >= 15 is 0 Å². The van der Waals surface area contributed by atoms with Gasteiger partial charge in [0.2, 0.25) is 6.79 Å². The molecule has 0 aliphatic rings. The zero-order valence-electron chi connectivity index (χ0n) is 24.1. The molecular formula is C30H35N3O7. The van der Waals surface area contributed by atoms with Crippen LogP contribution in [0.1, 0.15) is 68.7 Å². The number of benzene rings is 2. The zero-order chi connectivity index (χ0) is 29.8. The highest BCUT2D eigenvalue weighted by atomic mass is 16.7. The quantitative estimate of drug-likeness (QED) is 0.236. The van der Waals surface area contributed by atoms with E-state index in [0.717, 1.165) is 16.1 Å². The fourth-order valence-corrected chi connectivity index (χ4v) is 4.29. The number of nitrogens with zero attached hydrogens (tertiary/aromatic N) is 3. The van der Waals surface area contributed by atoms with Crippen molar-refractivity contribution in [3.63, 3.8) is 0 Å². The third-order valence-electron chi connectivity index (χ3n) is 6.12. The lowest BCUT2D eigenvalue weighted by atomic mass is 10.0. The van der Waals surface area contributed by atoms with Crippen molar-refractivity contribution in [1.82, 2.24) is 14.6 Å². The van der Waals surface area contributed by atoms with Crippen molar-refractivity contribution in [2.45, 2.75) is 47.1 Å². The highest BCUT2D eigenvalue weighted by molar-refractivity contribution is 6.07. The summed E-state index contributed by atoms with van der Waals surface area (Å²) in [6, 6.07) is 13.3. The van der Waals surface area contributed by atoms with Gasteiger partial charge in [-0.15, -0.1) is 5.01 Å². The number of aromatic nitrogens is 1. The number of hydrazine groups is 1. The van der Waals surface area contributed by atoms with Gasteiger partial charge in [-0.1, -0.05) is 23.3 Å². The Morgan fingerprint density at radius 1 is 0.875 bits per heavy atom. The minimum absolute atomic E-state index is 0.125. The molecule has 1 aromatic heterocycles. The van der Waals surface area contributed by atoms with E-state index in [1.807, 2.05) is 19.9 Å². The third-order valence-corrected chi connectivity index (χ3v) is 6.12. The minimum atomic E-state index is -1.19. The molecular weight excluding hydrogens is 514 g/mol. The van der Waals surface area contributed by atoms with Crippen LogP contribution in [0.5, 0.6) is 5.75 Å². The van der Waals surface area contributed by atoms with Gasteiger partial charge in [0, 0.05) is 29.9 Å². The molecule has 1 heterocycles. The molecule has 0 bridgehead atoms. The van der Waals surface area contributed by atoms with Gasteiger partial charge < -0.3 is 18.8 Å². The van der Waals surface area contributed by atoms with Crippen molar-refractivity contribution >= 4 is 23.9 Å². The topological polar surface area (TPSA) is 107 Å². The molecule has 0 aliphatic heterocycles. The van der Waals surface area contributed by atoms with E-state index in [1.165, 1.54) is 13.2 Å². The van der Waals surface area contributed by atoms with Crippen molar-refractivity contribution in [2.75, 3.05) is 13.9 Å². The molecule has 10 heteroatoms. The Balaban J connectivity index is 2.03. The van der Waals surface area contributed by atoms with E-state index in [0.29, 0.717) is 16.3 Å². The van der Waals surface area contributed by atoms with Gasteiger partial charge in [0.1, 0.15) is 11.4 Å². The monoisotopic (exact) mass is 549 g/mol. The Hall–Kier alpha value is -4.60. The van der Waals surface area contributed by atoms with Gasteiger partial charge in [-0.05, 0) is 77.9 Å². The maximum atomic E-state index is 14.0. The van der Waals surface area contributed by atoms with Gasteiger partial charge in [0.05, 0.1) is 12.6 Å². The Kier molecular flexibility index (Phi) is 9.03. The molecule has 3 rings (SSSR count). The first-order valence-electron chi connectivity index (χ1n) is 12.6. The molecule has 0 spiro atoms. The van der Waals surface area contributed by atoms with Crippen LogP contribution in [0.3, 0.4) is 0 Å². The number of aryl methyl sites for hydroxylation is 3. The summed E-state index contributed by atoms with van der Waals surface area (Å²) in [5, 5.41) is 1.71. The molecule has 2 aromatic carbocycles. The van der Waals surface area contributed by atoms with Crippen molar-refractivity contribution in [3.8, 4) is 5.75 Å². The summed E-state index contributed by atoms with van der Waals surface area (Å²) in [5.41, 5.74) is 1.75. The van der Waals surface area contributed by atoms with E-state index in [4.69, 9.17) is 14.2 Å². The first-order chi connectivity index (χ1) is 18.8. The summed E-state index contributed by atoms with van der Waals surface area (Å²) in [7, 11) is 3.13. The number of amides is 3. The molecule has 0 aliphatic carbocycles. The number of esters is 1. The average molecular weight is 550 g/mol. The fraction of sp³-hybridized carbons (Fsp3) is 0.333. The molecule has 0 atom stereocenters. The van der Waals surface area contributed by atoms with E-state index < -0.39 is 36.2 Å². The number of ether oxygens (including phenoxy) is 3. The van der Waals surface area contributed by atoms with Crippen LogP contribution in [-0.4, -0.2) is 57.9 Å². The molecule has 3 amide bonds. The first-order valence-corrected chi connectivity index (χ1v) is 12.6. The summed E-state index contributed by atoms with van der Waals surface area (Å²) in [6.45, 7) is 9.66. The predicted octanol–water partition coefficient (Wildman–Crippen LogP) is 5.21. The van der Waals surface area contributed by atoms with Crippen molar-refractivity contribution in [2.24, 2.45) is 7.05 Å². The molecule has 0 fully saturated rings. The number of hydrogen-bond donors (Lipinski definition) is 0. The Labute approximate surface area is 234 Å². The number of methoxy groups -OCH3 is 1. The van der Waals surface area contributed by atoms with Crippen LogP contribution in [0.25, 0.3) is 0 Å². The smallest absolute Gasteiger partial charge is 0.439 e. The molecule has 0 saturated heterocycles. The second-order valence-electron chi connectivity index (χ2n) is 10.4. The summed E-state index contributed by atoms with van der Waals surface area (Å²) in [5.74, 6) is -1.70. The van der Waals surface area contributed by atoms with Gasteiger partial charge in [0.25, 0.3) is 11.8 Å². The second kappa shape index (κ2) is 12.1. The van der Waals surface area contributed by atoms with Crippen LogP contribution in [0.2, 0.25) is 0 Å². The first kappa shape index (κ1) is 29.9. The molecule has 0 unspecified atom stereocenters. The van der Waals surface area contributed by atoms with Crippen molar-refractivity contribution in [1.29, 1.82) is 0 Å². The largest absolute Gasteiger partial charge is 0.496 e. The lowest BCUT2D eigenvalue weighted by molar-refractivity contribution is -0.0587. The van der Waals surface area contributed by atoms with E-state index in [1.54, 1.807) is 81.9 Å². The van der Waals surface area contributed by atoms with E-state index in [9.17, 15) is 19.2 Å². The highest BCUT2D eigenvalue weighted by Gasteiger charge is 2.41. The van der Waals surface area contributed by atoms with E-state index in [-0.39, 0.29) is 16.8 Å². The SMILES string of the molecule is COc1cccc(C(=O)N(C(=O)OCOC(=O)c2cccn2C)N(C(=O)c2cc(C)cc(C)c2)C(C)(C)C)c1C. The van der Waals surface area contributed by atoms with Crippen LogP contribution in [0.4, 0.5) is 4.79 Å². The minimum Gasteiger partial charge on any atom is -0.496 e. The number of rotatable bonds is 6. The number of carbonyl (C=O) groups excluding carboxylic acids is 4. The number of imide groups is 1. The van der Waals surface area contributed by atoms with Gasteiger partial charge in [-0.25, -0.2) is 14.6 Å². The van der Waals surface area contributed by atoms with Gasteiger partial charge in [-0.2, -0.15) is 0 Å². The third kappa shape index (κ3) is 6.51. The Morgan fingerprint density at radius 3 is 2.08 bits per heavy atom. The van der Waals surface area contributed by atoms with Crippen LogP contribution < -0.4 is 4.74 Å². The van der Waals surface area contributed by atoms with Crippen molar-refractivity contribution < 1.29 is 33.4 Å². The molecule has 40 heavy (non-hydrogen) atoms. The summed E-state index contributed by atoms with van der Waals surface area (Å²) in [4.78, 5) is 54.0. The zero-order valence-corrected chi connectivity index (χ0v) is 24.1. The highest BCUT2D eigenvalue weighted by Crippen LogP contribution is 2.27. The second-order valence-corrected chi connectivity index (χ2v) is 10.4. The van der Waals surface area contributed by atoms with Gasteiger partial charge in [0.15, 0.2) is 0 Å². The summed E-state index contributed by atoms with van der Waals surface area (Å²) >= 11 is 0. The Morgan fingerprint density at radius 2 is 1.52 bits per heavy atom. The number of carbonyl (C=O) groups is 4. The summed E-state index contributed by atoms with van der Waals surface area (Å²) in [6.07, 6.45) is 0.471. The molecule has 0 radical (unpaired) electrons. The van der Waals surface area contributed by atoms with Crippen LogP contribution in [0, 0.1) is 20.8 Å². The lowest BCUT2D eigenvalue weighted by Crippen LogP contribution is -2.60. The van der Waals surface area contributed by atoms with Crippen LogP contribution in [-0.2, 0) is 16.5 Å². The predicted molar refractivity (Wildman–Crippen MR) is 148 cm³/mol. The Bertz CT molecular complexity index is 1420. The molecule has 10 nitrogen and oxygen atoms in total. The standard InChI is InChI=1S/C30H35N3O7/c1-19-15-20(2)17-22(16-19)26(34)33(30(4,5)6)32(27(35)23-11-9-13-25(38-8)21(23)3)29(37)40-18-39-28(36)24-12-10-14-31(24)7/h9-17H,18H2,1-8H3. The average Bonchev–Trinajstić information content (AvgIpc) is 3.31. The molecule has 0 saturated carbocycles. The van der Waals surface area contributed by atoms with Crippen LogP contribution in [0.15, 0.2) is 54.7 Å². The van der Waals surface area contributed by atoms with Crippen molar-refractivity contribution in [3.05, 3.63) is 88.2 Å². The molecule has 212 valence electrons. The lowest BCUT2D eigenvalue weighted by Gasteiger charge is -2.41. The van der Waals surface area contributed by atoms with Gasteiger partial charge in [-0.3, -0.25) is 9.59 Å². The molecule has 0 N–H and O–H groups in total.